The number of hydrazine groups is 1. The first-order chi connectivity index (χ1) is 9.92. The molecule has 0 aliphatic heterocycles. The molecule has 0 unspecified atom stereocenters. The molecular formula is C12H8Br2F2N4O. The summed E-state index contributed by atoms with van der Waals surface area (Å²) >= 11 is 6.09. The van der Waals surface area contributed by atoms with Crippen LogP contribution in [0.25, 0.3) is 0 Å². The lowest BCUT2D eigenvalue weighted by molar-refractivity contribution is 0.102. The molecule has 0 saturated heterocycles. The topological polar surface area (TPSA) is 80.0 Å². The Balaban J connectivity index is 2.34. The number of amides is 1. The summed E-state index contributed by atoms with van der Waals surface area (Å²) in [7, 11) is 0. The van der Waals surface area contributed by atoms with E-state index in [9.17, 15) is 13.6 Å². The minimum absolute atomic E-state index is 0.0312. The van der Waals surface area contributed by atoms with Crippen LogP contribution >= 0.6 is 31.9 Å². The van der Waals surface area contributed by atoms with Crippen molar-refractivity contribution < 1.29 is 13.6 Å². The zero-order valence-corrected chi connectivity index (χ0v) is 13.4. The van der Waals surface area contributed by atoms with E-state index in [4.69, 9.17) is 5.84 Å². The average Bonchev–Trinajstić information content (AvgIpc) is 2.44. The van der Waals surface area contributed by atoms with Gasteiger partial charge in [0, 0.05) is 16.7 Å². The highest BCUT2D eigenvalue weighted by Gasteiger charge is 2.16. The minimum atomic E-state index is -0.894. The van der Waals surface area contributed by atoms with Crippen LogP contribution < -0.4 is 16.6 Å². The molecule has 1 heterocycles. The van der Waals surface area contributed by atoms with Crippen LogP contribution in [0.1, 0.15) is 10.4 Å². The van der Waals surface area contributed by atoms with Crippen LogP contribution in [0.5, 0.6) is 0 Å². The Bertz CT molecular complexity index is 712. The number of nitrogen functional groups attached to an aromatic ring is 1. The van der Waals surface area contributed by atoms with Crippen LogP contribution in [0.15, 0.2) is 33.3 Å². The van der Waals surface area contributed by atoms with Crippen LogP contribution in [0, 0.1) is 11.6 Å². The van der Waals surface area contributed by atoms with E-state index in [1.807, 2.05) is 0 Å². The predicted octanol–water partition coefficient (Wildman–Crippen LogP) is 3.42. The van der Waals surface area contributed by atoms with Gasteiger partial charge in [0.25, 0.3) is 5.91 Å². The number of nitrogens with zero attached hydrogens (tertiary/aromatic N) is 1. The third kappa shape index (κ3) is 3.55. The van der Waals surface area contributed by atoms with Crippen LogP contribution in [0.2, 0.25) is 0 Å². The van der Waals surface area contributed by atoms with Gasteiger partial charge in [0.15, 0.2) is 5.82 Å². The van der Waals surface area contributed by atoms with E-state index in [0.29, 0.717) is 10.5 Å². The maximum Gasteiger partial charge on any atom is 0.259 e. The fourth-order valence-corrected chi connectivity index (χ4v) is 2.21. The Morgan fingerprint density at radius 3 is 2.57 bits per heavy atom. The minimum Gasteiger partial charge on any atom is -0.319 e. The monoisotopic (exact) mass is 420 g/mol. The number of aromatic nitrogens is 1. The molecule has 0 fully saturated rings. The van der Waals surface area contributed by atoms with Gasteiger partial charge in [0.1, 0.15) is 11.6 Å². The first kappa shape index (κ1) is 15.8. The maximum atomic E-state index is 13.6. The molecule has 0 bridgehead atoms. The number of hydrogen-bond donors (Lipinski definition) is 3. The standard InChI is InChI=1S/C12H8Br2F2N4O/c13-5-1-6(11(20-17)18-4-5)12(21)19-10-2-7(14)8(15)3-9(10)16/h1-4H,17H2,(H,18,20)(H,19,21). The summed E-state index contributed by atoms with van der Waals surface area (Å²) in [6.07, 6.45) is 1.45. The molecule has 0 spiro atoms. The Morgan fingerprint density at radius 2 is 1.90 bits per heavy atom. The van der Waals surface area contributed by atoms with Gasteiger partial charge in [0.2, 0.25) is 0 Å². The molecule has 1 aromatic carbocycles. The van der Waals surface area contributed by atoms with Crippen molar-refractivity contribution in [3.05, 3.63) is 50.5 Å². The Kier molecular flexibility index (Phi) is 4.86. The van der Waals surface area contributed by atoms with Crippen LogP contribution in [-0.2, 0) is 0 Å². The van der Waals surface area contributed by atoms with E-state index >= 15 is 0 Å². The lowest BCUT2D eigenvalue weighted by atomic mass is 10.2. The number of halogens is 4. The highest BCUT2D eigenvalue weighted by molar-refractivity contribution is 9.10. The molecule has 1 aromatic heterocycles. The van der Waals surface area contributed by atoms with Gasteiger partial charge < -0.3 is 10.7 Å². The van der Waals surface area contributed by atoms with Crippen LogP contribution in [-0.4, -0.2) is 10.9 Å². The van der Waals surface area contributed by atoms with E-state index < -0.39 is 17.5 Å². The molecule has 0 radical (unpaired) electrons. The van der Waals surface area contributed by atoms with E-state index in [1.165, 1.54) is 12.3 Å². The van der Waals surface area contributed by atoms with E-state index in [1.54, 1.807) is 0 Å². The fourth-order valence-electron chi connectivity index (χ4n) is 1.54. The zero-order chi connectivity index (χ0) is 15.6. The van der Waals surface area contributed by atoms with Crippen molar-refractivity contribution in [2.24, 2.45) is 5.84 Å². The number of carbonyl (C=O) groups is 1. The summed E-state index contributed by atoms with van der Waals surface area (Å²) < 4.78 is 27.4. The molecule has 1 amide bonds. The first-order valence-corrected chi connectivity index (χ1v) is 7.09. The van der Waals surface area contributed by atoms with Gasteiger partial charge >= 0.3 is 0 Å². The number of pyridine rings is 1. The third-order valence-corrected chi connectivity index (χ3v) is 3.54. The Hall–Kier alpha value is -1.58. The van der Waals surface area contributed by atoms with Crippen molar-refractivity contribution in [2.45, 2.75) is 0 Å². The molecule has 21 heavy (non-hydrogen) atoms. The van der Waals surface area contributed by atoms with E-state index in [-0.39, 0.29) is 21.5 Å². The van der Waals surface area contributed by atoms with Crippen molar-refractivity contribution in [2.75, 3.05) is 10.7 Å². The lowest BCUT2D eigenvalue weighted by Crippen LogP contribution is -2.19. The molecule has 4 N–H and O–H groups in total. The summed E-state index contributed by atoms with van der Waals surface area (Å²) in [5.74, 6) is 3.09. The summed E-state index contributed by atoms with van der Waals surface area (Å²) in [6.45, 7) is 0. The third-order valence-electron chi connectivity index (χ3n) is 2.49. The average molecular weight is 422 g/mol. The zero-order valence-electron chi connectivity index (χ0n) is 10.3. The number of carbonyl (C=O) groups excluding carboxylic acids is 1. The van der Waals surface area contributed by atoms with Gasteiger partial charge in [-0.3, -0.25) is 4.79 Å². The number of nitrogens with one attached hydrogen (secondary N) is 2. The molecule has 0 saturated carbocycles. The second-order valence-electron chi connectivity index (χ2n) is 3.89. The van der Waals surface area contributed by atoms with Gasteiger partial charge in [-0.2, -0.15) is 0 Å². The molecule has 9 heteroatoms. The quantitative estimate of drug-likeness (QED) is 0.403. The van der Waals surface area contributed by atoms with E-state index in [0.717, 1.165) is 6.07 Å². The molecule has 2 rings (SSSR count). The molecule has 0 atom stereocenters. The van der Waals surface area contributed by atoms with Gasteiger partial charge in [-0.15, -0.1) is 0 Å². The van der Waals surface area contributed by atoms with Gasteiger partial charge in [-0.05, 0) is 44.0 Å². The highest BCUT2D eigenvalue weighted by atomic mass is 79.9. The van der Waals surface area contributed by atoms with Crippen LogP contribution in [0.4, 0.5) is 20.3 Å². The predicted molar refractivity (Wildman–Crippen MR) is 81.8 cm³/mol. The molecule has 110 valence electrons. The summed E-state index contributed by atoms with van der Waals surface area (Å²) in [5.41, 5.74) is 2.20. The number of hydrogen-bond acceptors (Lipinski definition) is 4. The SMILES string of the molecule is NNc1ncc(Br)cc1C(=O)Nc1cc(Br)c(F)cc1F. The smallest absolute Gasteiger partial charge is 0.259 e. The van der Waals surface area contributed by atoms with Crippen molar-refractivity contribution in [3.8, 4) is 0 Å². The molecule has 5 nitrogen and oxygen atoms in total. The molecule has 2 aromatic rings. The lowest BCUT2D eigenvalue weighted by Gasteiger charge is -2.10. The summed E-state index contributed by atoms with van der Waals surface area (Å²) in [5, 5.41) is 2.33. The fraction of sp³-hybridized carbons (Fsp3) is 0. The number of rotatable bonds is 3. The molecule has 0 aliphatic carbocycles. The van der Waals surface area contributed by atoms with Gasteiger partial charge in [0.05, 0.1) is 15.7 Å². The summed E-state index contributed by atoms with van der Waals surface area (Å²) in [6, 6.07) is 3.26. The van der Waals surface area contributed by atoms with Gasteiger partial charge in [-0.1, -0.05) is 0 Å². The largest absolute Gasteiger partial charge is 0.319 e. The van der Waals surface area contributed by atoms with Crippen molar-refractivity contribution in [1.29, 1.82) is 0 Å². The van der Waals surface area contributed by atoms with Gasteiger partial charge in [-0.25, -0.2) is 19.6 Å². The number of nitrogens with two attached hydrogens (primary N) is 1. The molecular weight excluding hydrogens is 414 g/mol. The maximum absolute atomic E-state index is 13.6. The Morgan fingerprint density at radius 1 is 1.19 bits per heavy atom. The second-order valence-corrected chi connectivity index (χ2v) is 5.66. The Labute approximate surface area is 135 Å². The van der Waals surface area contributed by atoms with Crippen LogP contribution in [0.3, 0.4) is 0 Å². The highest BCUT2D eigenvalue weighted by Crippen LogP contribution is 2.25. The number of anilines is 2. The first-order valence-electron chi connectivity index (χ1n) is 5.50. The van der Waals surface area contributed by atoms with Crippen molar-refractivity contribution in [3.63, 3.8) is 0 Å². The summed E-state index contributed by atoms with van der Waals surface area (Å²) in [4.78, 5) is 16.1. The van der Waals surface area contributed by atoms with E-state index in [2.05, 4.69) is 47.6 Å². The number of benzene rings is 1. The molecule has 0 aliphatic rings. The normalized spacial score (nSPS) is 10.3. The van der Waals surface area contributed by atoms with Crippen molar-refractivity contribution in [1.82, 2.24) is 4.98 Å². The van der Waals surface area contributed by atoms with Crippen molar-refractivity contribution >= 4 is 49.3 Å². The second kappa shape index (κ2) is 6.46.